The average Bonchev–Trinajstić information content (AvgIpc) is 2.48. The summed E-state index contributed by atoms with van der Waals surface area (Å²) in [4.78, 5) is 2.49. The molecule has 3 nitrogen and oxygen atoms in total. The number of rotatable bonds is 6. The third-order valence-electron chi connectivity index (χ3n) is 4.13. The van der Waals surface area contributed by atoms with Gasteiger partial charge in [0.1, 0.15) is 0 Å². The van der Waals surface area contributed by atoms with Crippen LogP contribution < -0.4 is 10.2 Å². The number of piperidine rings is 1. The van der Waals surface area contributed by atoms with E-state index >= 15 is 0 Å². The molecule has 1 N–H and O–H groups in total. The molecule has 0 saturated carbocycles. The van der Waals surface area contributed by atoms with Crippen LogP contribution in [0.5, 0.6) is 0 Å². The van der Waals surface area contributed by atoms with Gasteiger partial charge in [0, 0.05) is 32.4 Å². The number of nitrogens with zero attached hydrogens (tertiary/aromatic N) is 1. The predicted octanol–water partition coefficient (Wildman–Crippen LogP) is 3.11. The summed E-state index contributed by atoms with van der Waals surface area (Å²) in [7, 11) is 1.82. The van der Waals surface area contributed by atoms with Crippen molar-refractivity contribution in [1.82, 2.24) is 5.32 Å². The van der Waals surface area contributed by atoms with E-state index in [2.05, 4.69) is 42.3 Å². The molecule has 0 amide bonds. The number of nitrogens with one attached hydrogen (secondary N) is 1. The van der Waals surface area contributed by atoms with E-state index in [1.807, 2.05) is 7.11 Å². The SMILES string of the molecule is CCCNCc1ccc(N2CCC(OC)CC2)c(C)c1. The maximum Gasteiger partial charge on any atom is 0.0605 e. The van der Waals surface area contributed by atoms with Gasteiger partial charge in [0.05, 0.1) is 6.10 Å². The lowest BCUT2D eigenvalue weighted by atomic mass is 10.0. The van der Waals surface area contributed by atoms with E-state index in [9.17, 15) is 0 Å². The molecule has 1 saturated heterocycles. The summed E-state index contributed by atoms with van der Waals surface area (Å²) >= 11 is 0. The van der Waals surface area contributed by atoms with Crippen LogP contribution in [-0.2, 0) is 11.3 Å². The van der Waals surface area contributed by atoms with Crippen molar-refractivity contribution in [2.45, 2.75) is 45.8 Å². The summed E-state index contributed by atoms with van der Waals surface area (Å²) in [5.41, 5.74) is 4.15. The van der Waals surface area contributed by atoms with Crippen LogP contribution in [0.25, 0.3) is 0 Å². The highest BCUT2D eigenvalue weighted by Crippen LogP contribution is 2.25. The number of hydrogen-bond acceptors (Lipinski definition) is 3. The van der Waals surface area contributed by atoms with Gasteiger partial charge in [-0.15, -0.1) is 0 Å². The summed E-state index contributed by atoms with van der Waals surface area (Å²) in [5.74, 6) is 0. The second-order valence-corrected chi connectivity index (χ2v) is 5.72. The van der Waals surface area contributed by atoms with E-state index < -0.39 is 0 Å². The quantitative estimate of drug-likeness (QED) is 0.808. The van der Waals surface area contributed by atoms with E-state index in [0.29, 0.717) is 6.10 Å². The lowest BCUT2D eigenvalue weighted by Crippen LogP contribution is -2.37. The molecule has 1 aliphatic heterocycles. The fourth-order valence-electron chi connectivity index (χ4n) is 2.92. The van der Waals surface area contributed by atoms with Crippen molar-refractivity contribution in [3.8, 4) is 0 Å². The second kappa shape index (κ2) is 7.65. The van der Waals surface area contributed by atoms with Gasteiger partial charge in [-0.2, -0.15) is 0 Å². The van der Waals surface area contributed by atoms with Crippen molar-refractivity contribution in [1.29, 1.82) is 0 Å². The molecular weight excluding hydrogens is 248 g/mol. The van der Waals surface area contributed by atoms with Gasteiger partial charge in [-0.05, 0) is 49.9 Å². The van der Waals surface area contributed by atoms with E-state index in [-0.39, 0.29) is 0 Å². The number of ether oxygens (including phenoxy) is 1. The molecule has 20 heavy (non-hydrogen) atoms. The Hall–Kier alpha value is -1.06. The van der Waals surface area contributed by atoms with Crippen LogP contribution in [0.4, 0.5) is 5.69 Å². The largest absolute Gasteiger partial charge is 0.381 e. The molecule has 1 aliphatic rings. The first-order valence-corrected chi connectivity index (χ1v) is 7.82. The van der Waals surface area contributed by atoms with Gasteiger partial charge >= 0.3 is 0 Å². The van der Waals surface area contributed by atoms with Crippen molar-refractivity contribution >= 4 is 5.69 Å². The Morgan fingerprint density at radius 1 is 1.30 bits per heavy atom. The molecule has 0 bridgehead atoms. The van der Waals surface area contributed by atoms with Crippen LogP contribution in [0.2, 0.25) is 0 Å². The summed E-state index contributed by atoms with van der Waals surface area (Å²) in [5, 5.41) is 3.46. The summed E-state index contributed by atoms with van der Waals surface area (Å²) < 4.78 is 5.44. The third kappa shape index (κ3) is 3.97. The normalized spacial score (nSPS) is 16.6. The van der Waals surface area contributed by atoms with Crippen molar-refractivity contribution in [3.05, 3.63) is 29.3 Å². The number of benzene rings is 1. The molecule has 2 rings (SSSR count). The Bertz CT molecular complexity index is 411. The summed E-state index contributed by atoms with van der Waals surface area (Å²) in [6, 6.07) is 6.86. The van der Waals surface area contributed by atoms with E-state index in [4.69, 9.17) is 4.74 Å². The number of hydrogen-bond donors (Lipinski definition) is 1. The molecule has 0 spiro atoms. The van der Waals surface area contributed by atoms with Crippen LogP contribution in [0.3, 0.4) is 0 Å². The fraction of sp³-hybridized carbons (Fsp3) is 0.647. The zero-order valence-corrected chi connectivity index (χ0v) is 13.1. The molecule has 1 aromatic carbocycles. The summed E-state index contributed by atoms with van der Waals surface area (Å²) in [6.07, 6.45) is 3.90. The second-order valence-electron chi connectivity index (χ2n) is 5.72. The average molecular weight is 276 g/mol. The van der Waals surface area contributed by atoms with Gasteiger partial charge in [0.15, 0.2) is 0 Å². The molecule has 1 heterocycles. The minimum Gasteiger partial charge on any atom is -0.381 e. The molecule has 0 aromatic heterocycles. The van der Waals surface area contributed by atoms with E-state index in [1.54, 1.807) is 0 Å². The smallest absolute Gasteiger partial charge is 0.0605 e. The predicted molar refractivity (Wildman–Crippen MR) is 85.4 cm³/mol. The standard InChI is InChI=1S/C17H28N2O/c1-4-9-18-13-15-5-6-17(14(2)12-15)19-10-7-16(20-3)8-11-19/h5-6,12,16,18H,4,7-11,13H2,1-3H3. The van der Waals surface area contributed by atoms with E-state index in [0.717, 1.165) is 39.0 Å². The molecule has 0 radical (unpaired) electrons. The van der Waals surface area contributed by atoms with Crippen molar-refractivity contribution in [2.24, 2.45) is 0 Å². The van der Waals surface area contributed by atoms with Crippen LogP contribution in [0.15, 0.2) is 18.2 Å². The van der Waals surface area contributed by atoms with E-state index in [1.165, 1.54) is 23.2 Å². The molecule has 1 aromatic rings. The first kappa shape index (κ1) is 15.3. The third-order valence-corrected chi connectivity index (χ3v) is 4.13. The van der Waals surface area contributed by atoms with Crippen LogP contribution in [-0.4, -0.2) is 32.8 Å². The van der Waals surface area contributed by atoms with Gasteiger partial charge in [-0.1, -0.05) is 19.1 Å². The molecule has 0 unspecified atom stereocenters. The van der Waals surface area contributed by atoms with Gasteiger partial charge in [-0.25, -0.2) is 0 Å². The highest BCUT2D eigenvalue weighted by molar-refractivity contribution is 5.54. The lowest BCUT2D eigenvalue weighted by Gasteiger charge is -2.34. The lowest BCUT2D eigenvalue weighted by molar-refractivity contribution is 0.0819. The van der Waals surface area contributed by atoms with Crippen molar-refractivity contribution < 1.29 is 4.74 Å². The maximum absolute atomic E-state index is 5.44. The molecule has 3 heteroatoms. The highest BCUT2D eigenvalue weighted by Gasteiger charge is 2.19. The molecule has 1 fully saturated rings. The minimum absolute atomic E-state index is 0.448. The van der Waals surface area contributed by atoms with Crippen LogP contribution >= 0.6 is 0 Å². The van der Waals surface area contributed by atoms with Crippen LogP contribution in [0, 0.1) is 6.92 Å². The van der Waals surface area contributed by atoms with Crippen molar-refractivity contribution in [3.63, 3.8) is 0 Å². The van der Waals surface area contributed by atoms with Gasteiger partial charge < -0.3 is 15.0 Å². The fourth-order valence-corrected chi connectivity index (χ4v) is 2.92. The Morgan fingerprint density at radius 2 is 2.05 bits per heavy atom. The number of anilines is 1. The molecule has 112 valence electrons. The zero-order valence-electron chi connectivity index (χ0n) is 13.1. The van der Waals surface area contributed by atoms with Gasteiger partial charge in [0.25, 0.3) is 0 Å². The first-order valence-electron chi connectivity index (χ1n) is 7.82. The van der Waals surface area contributed by atoms with Crippen LogP contribution in [0.1, 0.15) is 37.3 Å². The Morgan fingerprint density at radius 3 is 2.65 bits per heavy atom. The Labute approximate surface area is 123 Å². The number of methoxy groups -OCH3 is 1. The maximum atomic E-state index is 5.44. The monoisotopic (exact) mass is 276 g/mol. The topological polar surface area (TPSA) is 24.5 Å². The van der Waals surface area contributed by atoms with Gasteiger partial charge in [0.2, 0.25) is 0 Å². The number of aryl methyl sites for hydroxylation is 1. The first-order chi connectivity index (χ1) is 9.74. The Kier molecular flexibility index (Phi) is 5.86. The molecule has 0 atom stereocenters. The van der Waals surface area contributed by atoms with Gasteiger partial charge in [-0.3, -0.25) is 0 Å². The zero-order chi connectivity index (χ0) is 14.4. The Balaban J connectivity index is 1.95. The summed E-state index contributed by atoms with van der Waals surface area (Å²) in [6.45, 7) is 8.69. The molecule has 0 aliphatic carbocycles. The molecular formula is C17H28N2O. The van der Waals surface area contributed by atoms with Crippen molar-refractivity contribution in [2.75, 3.05) is 31.6 Å². The minimum atomic E-state index is 0.448. The highest BCUT2D eigenvalue weighted by atomic mass is 16.5.